The van der Waals surface area contributed by atoms with Crippen molar-refractivity contribution in [2.45, 2.75) is 38.5 Å². The SMILES string of the molecule is CCC1CC2c3c(N)cccc3[C@@H]1[C@@H]2C. The van der Waals surface area contributed by atoms with Crippen LogP contribution in [0.1, 0.15) is 49.7 Å². The largest absolute Gasteiger partial charge is 0.398 e. The fourth-order valence-corrected chi connectivity index (χ4v) is 4.03. The lowest BCUT2D eigenvalue weighted by atomic mass is 9.81. The Labute approximate surface area is 91.7 Å². The van der Waals surface area contributed by atoms with E-state index in [9.17, 15) is 0 Å². The lowest BCUT2D eigenvalue weighted by Gasteiger charge is -2.24. The molecule has 2 unspecified atom stereocenters. The van der Waals surface area contributed by atoms with Gasteiger partial charge in [-0.2, -0.15) is 0 Å². The first-order chi connectivity index (χ1) is 7.24. The molecule has 4 atom stereocenters. The predicted molar refractivity (Wildman–Crippen MR) is 63.9 cm³/mol. The van der Waals surface area contributed by atoms with Gasteiger partial charge in [-0.1, -0.05) is 32.4 Å². The Morgan fingerprint density at radius 3 is 2.93 bits per heavy atom. The average Bonchev–Trinajstić information content (AvgIpc) is 2.70. The molecule has 0 aromatic heterocycles. The minimum atomic E-state index is 0.746. The van der Waals surface area contributed by atoms with E-state index in [0.29, 0.717) is 0 Å². The van der Waals surface area contributed by atoms with Gasteiger partial charge >= 0.3 is 0 Å². The Balaban J connectivity index is 2.14. The molecular formula is C14H19N. The van der Waals surface area contributed by atoms with Gasteiger partial charge in [-0.15, -0.1) is 0 Å². The van der Waals surface area contributed by atoms with E-state index in [1.54, 1.807) is 5.56 Å². The van der Waals surface area contributed by atoms with E-state index in [-0.39, 0.29) is 0 Å². The predicted octanol–water partition coefficient (Wildman–Crippen LogP) is 3.52. The average molecular weight is 201 g/mol. The highest BCUT2D eigenvalue weighted by atomic mass is 14.6. The first-order valence-corrected chi connectivity index (χ1v) is 6.12. The molecule has 1 fully saturated rings. The third-order valence-corrected chi connectivity index (χ3v) is 4.69. The number of benzene rings is 1. The third kappa shape index (κ3) is 1.04. The summed E-state index contributed by atoms with van der Waals surface area (Å²) in [5.74, 6) is 3.25. The van der Waals surface area contributed by atoms with Gasteiger partial charge in [0.25, 0.3) is 0 Å². The summed E-state index contributed by atoms with van der Waals surface area (Å²) in [4.78, 5) is 0. The molecule has 0 heterocycles. The van der Waals surface area contributed by atoms with Crippen molar-refractivity contribution in [1.29, 1.82) is 0 Å². The van der Waals surface area contributed by atoms with Crippen LogP contribution in [-0.4, -0.2) is 0 Å². The summed E-state index contributed by atoms with van der Waals surface area (Å²) < 4.78 is 0. The summed E-state index contributed by atoms with van der Waals surface area (Å²) in [6, 6.07) is 6.48. The monoisotopic (exact) mass is 201 g/mol. The maximum Gasteiger partial charge on any atom is 0.0352 e. The van der Waals surface area contributed by atoms with E-state index in [4.69, 9.17) is 5.73 Å². The summed E-state index contributed by atoms with van der Waals surface area (Å²) in [5, 5.41) is 0. The summed E-state index contributed by atoms with van der Waals surface area (Å²) >= 11 is 0. The summed E-state index contributed by atoms with van der Waals surface area (Å²) in [7, 11) is 0. The van der Waals surface area contributed by atoms with Gasteiger partial charge in [-0.3, -0.25) is 0 Å². The molecule has 2 N–H and O–H groups in total. The molecule has 80 valence electrons. The Morgan fingerprint density at radius 2 is 2.20 bits per heavy atom. The molecule has 15 heavy (non-hydrogen) atoms. The van der Waals surface area contributed by atoms with Gasteiger partial charge in [-0.25, -0.2) is 0 Å². The number of nitrogens with two attached hydrogens (primary N) is 1. The first kappa shape index (κ1) is 9.26. The van der Waals surface area contributed by atoms with Crippen LogP contribution >= 0.6 is 0 Å². The van der Waals surface area contributed by atoms with Crippen LogP contribution in [0.4, 0.5) is 5.69 Å². The first-order valence-electron chi connectivity index (χ1n) is 6.12. The topological polar surface area (TPSA) is 26.0 Å². The molecule has 1 aromatic rings. The van der Waals surface area contributed by atoms with Gasteiger partial charge in [0.05, 0.1) is 0 Å². The second-order valence-corrected chi connectivity index (χ2v) is 5.25. The van der Waals surface area contributed by atoms with Crippen LogP contribution in [0.3, 0.4) is 0 Å². The van der Waals surface area contributed by atoms with Crippen molar-refractivity contribution in [1.82, 2.24) is 0 Å². The smallest absolute Gasteiger partial charge is 0.0352 e. The quantitative estimate of drug-likeness (QED) is 0.691. The number of anilines is 1. The van der Waals surface area contributed by atoms with Crippen LogP contribution in [-0.2, 0) is 0 Å². The van der Waals surface area contributed by atoms with E-state index in [0.717, 1.165) is 29.4 Å². The van der Waals surface area contributed by atoms with Crippen molar-refractivity contribution in [3.8, 4) is 0 Å². The second-order valence-electron chi connectivity index (χ2n) is 5.25. The molecule has 2 aliphatic carbocycles. The normalized spacial score (nSPS) is 36.9. The van der Waals surface area contributed by atoms with Gasteiger partial charge in [0.1, 0.15) is 0 Å². The molecule has 1 heteroatoms. The summed E-state index contributed by atoms with van der Waals surface area (Å²) in [5.41, 5.74) is 10.2. The number of nitrogen functional groups attached to an aromatic ring is 1. The van der Waals surface area contributed by atoms with Crippen molar-refractivity contribution in [2.24, 2.45) is 11.8 Å². The van der Waals surface area contributed by atoms with Gasteiger partial charge in [-0.05, 0) is 47.3 Å². The number of hydrogen-bond acceptors (Lipinski definition) is 1. The maximum absolute atomic E-state index is 6.11. The highest BCUT2D eigenvalue weighted by molar-refractivity contribution is 5.58. The van der Waals surface area contributed by atoms with E-state index >= 15 is 0 Å². The van der Waals surface area contributed by atoms with Crippen LogP contribution in [0.2, 0.25) is 0 Å². The van der Waals surface area contributed by atoms with Crippen molar-refractivity contribution in [2.75, 3.05) is 5.73 Å². The Hall–Kier alpha value is -0.980. The summed E-state index contributed by atoms with van der Waals surface area (Å²) in [6.07, 6.45) is 2.68. The van der Waals surface area contributed by atoms with Crippen molar-refractivity contribution >= 4 is 5.69 Å². The molecule has 1 aromatic carbocycles. The molecule has 2 aliphatic rings. The second kappa shape index (κ2) is 3.01. The summed E-state index contributed by atoms with van der Waals surface area (Å²) in [6.45, 7) is 4.73. The van der Waals surface area contributed by atoms with Crippen LogP contribution in [0.25, 0.3) is 0 Å². The van der Waals surface area contributed by atoms with Crippen LogP contribution < -0.4 is 5.73 Å². The molecule has 1 nitrogen and oxygen atoms in total. The fourth-order valence-electron chi connectivity index (χ4n) is 4.03. The van der Waals surface area contributed by atoms with E-state index in [1.165, 1.54) is 18.4 Å². The lowest BCUT2D eigenvalue weighted by Crippen LogP contribution is -2.11. The van der Waals surface area contributed by atoms with Gasteiger partial charge < -0.3 is 5.73 Å². The van der Waals surface area contributed by atoms with Crippen LogP contribution in [0.15, 0.2) is 18.2 Å². The van der Waals surface area contributed by atoms with Crippen LogP contribution in [0, 0.1) is 11.8 Å². The zero-order valence-electron chi connectivity index (χ0n) is 9.53. The minimum Gasteiger partial charge on any atom is -0.398 e. The highest BCUT2D eigenvalue weighted by Crippen LogP contribution is 2.61. The van der Waals surface area contributed by atoms with Crippen LogP contribution in [0.5, 0.6) is 0 Å². The van der Waals surface area contributed by atoms with Crippen molar-refractivity contribution < 1.29 is 0 Å². The maximum atomic E-state index is 6.11. The zero-order valence-corrected chi connectivity index (χ0v) is 9.53. The molecule has 2 bridgehead atoms. The minimum absolute atomic E-state index is 0.746. The van der Waals surface area contributed by atoms with E-state index < -0.39 is 0 Å². The molecule has 0 amide bonds. The van der Waals surface area contributed by atoms with E-state index in [1.807, 2.05) is 0 Å². The third-order valence-electron chi connectivity index (χ3n) is 4.69. The molecular weight excluding hydrogens is 182 g/mol. The zero-order chi connectivity index (χ0) is 10.6. The number of rotatable bonds is 1. The fraction of sp³-hybridized carbons (Fsp3) is 0.571. The molecule has 1 saturated carbocycles. The highest BCUT2D eigenvalue weighted by Gasteiger charge is 2.48. The van der Waals surface area contributed by atoms with Gasteiger partial charge in [0, 0.05) is 5.69 Å². The van der Waals surface area contributed by atoms with E-state index in [2.05, 4.69) is 32.0 Å². The standard InChI is InChI=1S/C14H19N/c1-3-9-7-11-8(2)13(9)10-5-4-6-12(15)14(10)11/h4-6,8-9,11,13H,3,7,15H2,1-2H3/t8-,9?,11?,13-/m1/s1. The number of fused-ring (bicyclic) bond motifs is 5. The number of hydrogen-bond donors (Lipinski definition) is 1. The Morgan fingerprint density at radius 1 is 1.40 bits per heavy atom. The Bertz CT molecular complexity index is 396. The molecule has 0 radical (unpaired) electrons. The van der Waals surface area contributed by atoms with Crippen molar-refractivity contribution in [3.05, 3.63) is 29.3 Å². The van der Waals surface area contributed by atoms with Gasteiger partial charge in [0.2, 0.25) is 0 Å². The molecule has 0 aliphatic heterocycles. The molecule has 0 spiro atoms. The van der Waals surface area contributed by atoms with Crippen molar-refractivity contribution in [3.63, 3.8) is 0 Å². The molecule has 0 saturated heterocycles. The van der Waals surface area contributed by atoms with Gasteiger partial charge in [0.15, 0.2) is 0 Å². The lowest BCUT2D eigenvalue weighted by molar-refractivity contribution is 0.428. The Kier molecular flexibility index (Phi) is 1.86. The molecule has 3 rings (SSSR count).